The summed E-state index contributed by atoms with van der Waals surface area (Å²) in [6.45, 7) is 8.12. The van der Waals surface area contributed by atoms with Crippen LogP contribution in [0.2, 0.25) is 0 Å². The zero-order chi connectivity index (χ0) is 18.1. The van der Waals surface area contributed by atoms with Crippen LogP contribution in [0.1, 0.15) is 36.8 Å². The van der Waals surface area contributed by atoms with Crippen molar-refractivity contribution in [1.82, 2.24) is 4.90 Å². The molecule has 4 rings (SSSR count). The van der Waals surface area contributed by atoms with E-state index in [0.717, 1.165) is 58.4 Å². The van der Waals surface area contributed by atoms with Gasteiger partial charge in [0.2, 0.25) is 11.8 Å². The molecule has 0 bridgehead atoms. The van der Waals surface area contributed by atoms with Gasteiger partial charge in [-0.3, -0.25) is 9.59 Å². The maximum Gasteiger partial charge on any atom is 0.237 e. The lowest BCUT2D eigenvalue weighted by molar-refractivity contribution is -1.02. The third-order valence-corrected chi connectivity index (χ3v) is 6.68. The number of quaternary nitrogens is 2. The number of aryl methyl sites for hydroxylation is 1. The van der Waals surface area contributed by atoms with Gasteiger partial charge in [-0.15, -0.1) is 0 Å². The Balaban J connectivity index is 1.31. The smallest absolute Gasteiger partial charge is 0.237 e. The summed E-state index contributed by atoms with van der Waals surface area (Å²) in [4.78, 5) is 29.9. The van der Waals surface area contributed by atoms with Crippen LogP contribution in [0.4, 0.5) is 0 Å². The molecule has 1 aromatic rings. The second kappa shape index (κ2) is 7.49. The van der Waals surface area contributed by atoms with E-state index < -0.39 is 0 Å². The minimum atomic E-state index is -0.0105. The van der Waals surface area contributed by atoms with Crippen molar-refractivity contribution in [2.24, 2.45) is 11.8 Å². The third kappa shape index (κ3) is 3.42. The molecule has 2 aliphatic heterocycles. The molecule has 3 aliphatic rings. The standard InChI is InChI=1S/C21H29N3O2/c1-16-6-2-3-7-17(16)14-22-10-12-23(13-11-22)15-24-20(25)18-8-4-5-9-19(18)21(24)26/h2-3,6-7,18-19H,4-5,8-15H2,1H3/p+2/t18-,19-/m1/s1. The monoisotopic (exact) mass is 357 g/mol. The topological polar surface area (TPSA) is 46.3 Å². The Morgan fingerprint density at radius 1 is 0.923 bits per heavy atom. The number of carbonyl (C=O) groups excluding carboxylic acids is 2. The summed E-state index contributed by atoms with van der Waals surface area (Å²) in [7, 11) is 0. The average Bonchev–Trinajstić information content (AvgIpc) is 2.90. The zero-order valence-corrected chi connectivity index (χ0v) is 15.8. The number of rotatable bonds is 4. The van der Waals surface area contributed by atoms with Gasteiger partial charge in [0, 0.05) is 5.56 Å². The number of carbonyl (C=O) groups is 2. The average molecular weight is 357 g/mol. The second-order valence-electron chi connectivity index (χ2n) is 8.36. The van der Waals surface area contributed by atoms with Crippen LogP contribution in [-0.4, -0.2) is 49.6 Å². The van der Waals surface area contributed by atoms with Crippen LogP contribution in [0.5, 0.6) is 0 Å². The molecule has 2 N–H and O–H groups in total. The van der Waals surface area contributed by atoms with E-state index in [4.69, 9.17) is 0 Å². The van der Waals surface area contributed by atoms with Crippen LogP contribution in [0.3, 0.4) is 0 Å². The predicted molar refractivity (Wildman–Crippen MR) is 98.4 cm³/mol. The maximum absolute atomic E-state index is 12.7. The molecule has 3 fully saturated rings. The van der Waals surface area contributed by atoms with Crippen molar-refractivity contribution in [3.8, 4) is 0 Å². The largest absolute Gasteiger partial charge is 0.322 e. The number of hydrogen-bond acceptors (Lipinski definition) is 2. The molecule has 26 heavy (non-hydrogen) atoms. The van der Waals surface area contributed by atoms with Crippen molar-refractivity contribution in [2.45, 2.75) is 39.2 Å². The normalized spacial score (nSPS) is 32.0. The second-order valence-corrected chi connectivity index (χ2v) is 8.36. The molecule has 1 aliphatic carbocycles. The van der Waals surface area contributed by atoms with Crippen molar-refractivity contribution in [3.63, 3.8) is 0 Å². The Bertz CT molecular complexity index is 658. The lowest BCUT2D eigenvalue weighted by Crippen LogP contribution is -3.28. The molecule has 140 valence electrons. The Hall–Kier alpha value is -1.72. The molecule has 5 heteroatoms. The molecule has 2 atom stereocenters. The third-order valence-electron chi connectivity index (χ3n) is 6.68. The summed E-state index contributed by atoms with van der Waals surface area (Å²) >= 11 is 0. The fourth-order valence-electron chi connectivity index (χ4n) is 4.98. The van der Waals surface area contributed by atoms with E-state index in [2.05, 4.69) is 31.2 Å². The molecule has 0 unspecified atom stereocenters. The lowest BCUT2D eigenvalue weighted by Gasteiger charge is -2.31. The number of hydrogen-bond donors (Lipinski definition) is 2. The van der Waals surface area contributed by atoms with Crippen LogP contribution in [0.15, 0.2) is 24.3 Å². The van der Waals surface area contributed by atoms with Crippen molar-refractivity contribution in [2.75, 3.05) is 32.8 Å². The molecular weight excluding hydrogens is 326 g/mol. The number of nitrogens with zero attached hydrogens (tertiary/aromatic N) is 1. The quantitative estimate of drug-likeness (QED) is 0.708. The van der Waals surface area contributed by atoms with E-state index in [1.807, 2.05) is 0 Å². The van der Waals surface area contributed by atoms with Crippen LogP contribution in [0.25, 0.3) is 0 Å². The van der Waals surface area contributed by atoms with E-state index in [9.17, 15) is 9.59 Å². The molecule has 0 aromatic heterocycles. The van der Waals surface area contributed by atoms with Gasteiger partial charge in [0.1, 0.15) is 32.7 Å². The van der Waals surface area contributed by atoms with E-state index >= 15 is 0 Å². The van der Waals surface area contributed by atoms with Crippen LogP contribution in [0, 0.1) is 18.8 Å². The van der Waals surface area contributed by atoms with Crippen LogP contribution < -0.4 is 9.80 Å². The summed E-state index contributed by atoms with van der Waals surface area (Å²) in [6, 6.07) is 8.62. The molecule has 1 saturated carbocycles. The summed E-state index contributed by atoms with van der Waals surface area (Å²) in [5.74, 6) is 0.205. The zero-order valence-electron chi connectivity index (χ0n) is 15.8. The highest BCUT2D eigenvalue weighted by Crippen LogP contribution is 2.37. The minimum absolute atomic E-state index is 0.0105. The van der Waals surface area contributed by atoms with Crippen LogP contribution in [-0.2, 0) is 16.1 Å². The van der Waals surface area contributed by atoms with Gasteiger partial charge < -0.3 is 9.80 Å². The summed E-state index contributed by atoms with van der Waals surface area (Å²) in [6.07, 6.45) is 4.02. The summed E-state index contributed by atoms with van der Waals surface area (Å²) < 4.78 is 0. The Kier molecular flexibility index (Phi) is 5.09. The Labute approximate surface area is 155 Å². The van der Waals surface area contributed by atoms with Gasteiger partial charge in [0.05, 0.1) is 11.8 Å². The number of fused-ring (bicyclic) bond motifs is 1. The number of amides is 2. The van der Waals surface area contributed by atoms with E-state index in [1.54, 1.807) is 9.80 Å². The molecular formula is C21H31N3O2+2. The van der Waals surface area contributed by atoms with Crippen molar-refractivity contribution < 1.29 is 19.4 Å². The number of likely N-dealkylation sites (tertiary alicyclic amines) is 1. The first kappa shape index (κ1) is 17.7. The van der Waals surface area contributed by atoms with Crippen LogP contribution >= 0.6 is 0 Å². The SMILES string of the molecule is Cc1ccccc1C[NH+]1CC[NH+](CN2C(=O)[C@@H]3CCCC[C@H]3C2=O)CC1. The lowest BCUT2D eigenvalue weighted by atomic mass is 9.81. The van der Waals surface area contributed by atoms with Gasteiger partial charge in [-0.1, -0.05) is 37.1 Å². The molecule has 2 heterocycles. The molecule has 2 amide bonds. The van der Waals surface area contributed by atoms with Gasteiger partial charge >= 0.3 is 0 Å². The fraction of sp³-hybridized carbons (Fsp3) is 0.619. The van der Waals surface area contributed by atoms with Crippen molar-refractivity contribution in [1.29, 1.82) is 0 Å². The Morgan fingerprint density at radius 2 is 1.50 bits per heavy atom. The first-order valence-electron chi connectivity index (χ1n) is 10.2. The highest BCUT2D eigenvalue weighted by Gasteiger charge is 2.49. The first-order valence-corrected chi connectivity index (χ1v) is 10.2. The van der Waals surface area contributed by atoms with Gasteiger partial charge in [-0.25, -0.2) is 4.90 Å². The van der Waals surface area contributed by atoms with E-state index in [0.29, 0.717) is 6.67 Å². The molecule has 5 nitrogen and oxygen atoms in total. The van der Waals surface area contributed by atoms with E-state index in [-0.39, 0.29) is 23.7 Å². The van der Waals surface area contributed by atoms with Gasteiger partial charge in [-0.05, 0) is 25.3 Å². The minimum Gasteiger partial charge on any atom is -0.322 e. The highest BCUT2D eigenvalue weighted by atomic mass is 16.2. The summed E-state index contributed by atoms with van der Waals surface area (Å²) in [5, 5.41) is 0. The van der Waals surface area contributed by atoms with Gasteiger partial charge in [-0.2, -0.15) is 0 Å². The molecule has 1 aromatic carbocycles. The number of piperazine rings is 1. The fourth-order valence-corrected chi connectivity index (χ4v) is 4.98. The molecule has 0 radical (unpaired) electrons. The molecule has 2 saturated heterocycles. The number of benzene rings is 1. The van der Waals surface area contributed by atoms with Crippen molar-refractivity contribution >= 4 is 11.8 Å². The molecule has 0 spiro atoms. The van der Waals surface area contributed by atoms with Gasteiger partial charge in [0.25, 0.3) is 0 Å². The summed E-state index contributed by atoms with van der Waals surface area (Å²) in [5.41, 5.74) is 2.80. The number of imide groups is 1. The number of nitrogens with one attached hydrogen (secondary N) is 2. The Morgan fingerprint density at radius 3 is 2.12 bits per heavy atom. The van der Waals surface area contributed by atoms with E-state index in [1.165, 1.54) is 16.0 Å². The van der Waals surface area contributed by atoms with Gasteiger partial charge in [0.15, 0.2) is 6.67 Å². The first-order chi connectivity index (χ1) is 12.6. The highest BCUT2D eigenvalue weighted by molar-refractivity contribution is 6.05. The maximum atomic E-state index is 12.7. The predicted octanol–water partition coefficient (Wildman–Crippen LogP) is -0.589. The van der Waals surface area contributed by atoms with Crippen molar-refractivity contribution in [3.05, 3.63) is 35.4 Å².